The van der Waals surface area contributed by atoms with Crippen LogP contribution in [0.2, 0.25) is 0 Å². The molecule has 98 valence electrons. The van der Waals surface area contributed by atoms with Gasteiger partial charge in [-0.1, -0.05) is 18.3 Å². The van der Waals surface area contributed by atoms with Crippen molar-refractivity contribution in [1.29, 1.82) is 0 Å². The van der Waals surface area contributed by atoms with Crippen LogP contribution in [0.3, 0.4) is 0 Å². The average Bonchev–Trinajstić information content (AvgIpc) is 2.38. The lowest BCUT2D eigenvalue weighted by molar-refractivity contribution is 1.40. The Morgan fingerprint density at radius 3 is 2.53 bits per heavy atom. The van der Waals surface area contributed by atoms with Crippen molar-refractivity contribution in [2.24, 2.45) is 5.73 Å². The standard InChI is InChI=1S/C15H16N2S2/c1-10-8-12(6-7-14(10)15(16)18)17-11-4-3-5-13(9-11)19-2/h3-9,17H,1-2H3,(H2,16,18). The summed E-state index contributed by atoms with van der Waals surface area (Å²) >= 11 is 6.74. The molecule has 0 saturated heterocycles. The zero-order chi connectivity index (χ0) is 13.8. The molecule has 0 aliphatic heterocycles. The van der Waals surface area contributed by atoms with Gasteiger partial charge < -0.3 is 11.1 Å². The molecule has 0 saturated carbocycles. The number of anilines is 2. The van der Waals surface area contributed by atoms with Crippen LogP contribution in [0.25, 0.3) is 0 Å². The molecule has 0 aliphatic carbocycles. The van der Waals surface area contributed by atoms with Gasteiger partial charge in [0.1, 0.15) is 4.99 Å². The summed E-state index contributed by atoms with van der Waals surface area (Å²) in [6.45, 7) is 2.01. The minimum Gasteiger partial charge on any atom is -0.389 e. The molecule has 0 bridgehead atoms. The summed E-state index contributed by atoms with van der Waals surface area (Å²) in [5.74, 6) is 0. The average molecular weight is 288 g/mol. The number of rotatable bonds is 4. The lowest BCUT2D eigenvalue weighted by Crippen LogP contribution is -2.11. The van der Waals surface area contributed by atoms with Crippen molar-refractivity contribution in [3.8, 4) is 0 Å². The molecule has 0 aliphatic rings. The van der Waals surface area contributed by atoms with Crippen LogP contribution in [-0.2, 0) is 0 Å². The maximum absolute atomic E-state index is 5.66. The van der Waals surface area contributed by atoms with Crippen LogP contribution in [0.1, 0.15) is 11.1 Å². The molecule has 3 N–H and O–H groups in total. The van der Waals surface area contributed by atoms with Gasteiger partial charge >= 0.3 is 0 Å². The summed E-state index contributed by atoms with van der Waals surface area (Å²) in [4.78, 5) is 1.68. The van der Waals surface area contributed by atoms with Gasteiger partial charge in [-0.25, -0.2) is 0 Å². The molecule has 19 heavy (non-hydrogen) atoms. The van der Waals surface area contributed by atoms with E-state index < -0.39 is 0 Å². The molecular formula is C15H16N2S2. The minimum atomic E-state index is 0.438. The summed E-state index contributed by atoms with van der Waals surface area (Å²) in [5, 5.41) is 3.39. The van der Waals surface area contributed by atoms with Crippen LogP contribution < -0.4 is 11.1 Å². The maximum atomic E-state index is 5.66. The van der Waals surface area contributed by atoms with Crippen molar-refractivity contribution in [3.63, 3.8) is 0 Å². The van der Waals surface area contributed by atoms with E-state index in [4.69, 9.17) is 18.0 Å². The van der Waals surface area contributed by atoms with E-state index in [1.54, 1.807) is 11.8 Å². The Balaban J connectivity index is 2.23. The Kier molecular flexibility index (Phi) is 4.45. The largest absolute Gasteiger partial charge is 0.389 e. The van der Waals surface area contributed by atoms with Gasteiger partial charge in [0.25, 0.3) is 0 Å². The van der Waals surface area contributed by atoms with Gasteiger partial charge in [-0.2, -0.15) is 0 Å². The van der Waals surface area contributed by atoms with E-state index in [2.05, 4.69) is 35.8 Å². The van der Waals surface area contributed by atoms with E-state index in [9.17, 15) is 0 Å². The monoisotopic (exact) mass is 288 g/mol. The third kappa shape index (κ3) is 3.49. The molecule has 0 atom stereocenters. The second-order valence-electron chi connectivity index (χ2n) is 4.25. The molecule has 0 aromatic heterocycles. The van der Waals surface area contributed by atoms with Gasteiger partial charge in [0, 0.05) is 21.8 Å². The summed E-state index contributed by atoms with van der Waals surface area (Å²) in [6.07, 6.45) is 2.07. The minimum absolute atomic E-state index is 0.438. The first kappa shape index (κ1) is 13.9. The second kappa shape index (κ2) is 6.08. The first-order chi connectivity index (χ1) is 9.10. The van der Waals surface area contributed by atoms with Crippen molar-refractivity contribution in [3.05, 3.63) is 53.6 Å². The highest BCUT2D eigenvalue weighted by molar-refractivity contribution is 7.98. The molecule has 0 spiro atoms. The Bertz CT molecular complexity index is 609. The highest BCUT2D eigenvalue weighted by atomic mass is 32.2. The lowest BCUT2D eigenvalue weighted by Gasteiger charge is -2.10. The van der Waals surface area contributed by atoms with Crippen LogP contribution in [-0.4, -0.2) is 11.2 Å². The predicted molar refractivity (Wildman–Crippen MR) is 88.6 cm³/mol. The molecule has 2 aromatic carbocycles. The molecule has 0 radical (unpaired) electrons. The number of thioether (sulfide) groups is 1. The zero-order valence-corrected chi connectivity index (χ0v) is 12.6. The quantitative estimate of drug-likeness (QED) is 0.656. The third-order valence-electron chi connectivity index (χ3n) is 2.85. The Hall–Kier alpha value is -1.52. The Labute approximate surface area is 123 Å². The van der Waals surface area contributed by atoms with Gasteiger partial charge in [-0.3, -0.25) is 0 Å². The van der Waals surface area contributed by atoms with Gasteiger partial charge in [-0.15, -0.1) is 11.8 Å². The third-order valence-corrected chi connectivity index (χ3v) is 3.80. The summed E-state index contributed by atoms with van der Waals surface area (Å²) < 4.78 is 0. The van der Waals surface area contributed by atoms with Crippen LogP contribution in [0.5, 0.6) is 0 Å². The smallest absolute Gasteiger partial charge is 0.104 e. The maximum Gasteiger partial charge on any atom is 0.104 e. The van der Waals surface area contributed by atoms with Crippen molar-refractivity contribution in [2.45, 2.75) is 11.8 Å². The van der Waals surface area contributed by atoms with Crippen molar-refractivity contribution in [2.75, 3.05) is 11.6 Å². The van der Waals surface area contributed by atoms with E-state index >= 15 is 0 Å². The topological polar surface area (TPSA) is 38.0 Å². The molecule has 0 heterocycles. The van der Waals surface area contributed by atoms with Gasteiger partial charge in [0.05, 0.1) is 0 Å². The second-order valence-corrected chi connectivity index (χ2v) is 5.57. The first-order valence-electron chi connectivity index (χ1n) is 5.91. The molecule has 2 nitrogen and oxygen atoms in total. The number of hydrogen-bond acceptors (Lipinski definition) is 3. The molecule has 0 amide bonds. The fourth-order valence-corrected chi connectivity index (χ4v) is 2.57. The fraction of sp³-hybridized carbons (Fsp3) is 0.133. The first-order valence-corrected chi connectivity index (χ1v) is 7.55. The summed E-state index contributed by atoms with van der Waals surface area (Å²) in [5.41, 5.74) is 9.79. The van der Waals surface area contributed by atoms with Crippen LogP contribution >= 0.6 is 24.0 Å². The zero-order valence-electron chi connectivity index (χ0n) is 10.9. The lowest BCUT2D eigenvalue weighted by atomic mass is 10.1. The molecular weight excluding hydrogens is 272 g/mol. The van der Waals surface area contributed by atoms with E-state index in [0.29, 0.717) is 4.99 Å². The van der Waals surface area contributed by atoms with Crippen molar-refractivity contribution in [1.82, 2.24) is 0 Å². The SMILES string of the molecule is CSc1cccc(Nc2ccc(C(N)=S)c(C)c2)c1. The fourth-order valence-electron chi connectivity index (χ4n) is 1.89. The number of nitrogens with two attached hydrogens (primary N) is 1. The number of thiocarbonyl (C=S) groups is 1. The van der Waals surface area contributed by atoms with Gasteiger partial charge in [-0.05, 0) is 55.1 Å². The van der Waals surface area contributed by atoms with E-state index in [0.717, 1.165) is 22.5 Å². The summed E-state index contributed by atoms with van der Waals surface area (Å²) in [6, 6.07) is 14.3. The number of hydrogen-bond donors (Lipinski definition) is 2. The van der Waals surface area contributed by atoms with E-state index in [1.807, 2.05) is 25.1 Å². The molecule has 4 heteroatoms. The number of aryl methyl sites for hydroxylation is 1. The predicted octanol–water partition coefficient (Wildman–Crippen LogP) is 4.09. The summed E-state index contributed by atoms with van der Waals surface area (Å²) in [7, 11) is 0. The molecule has 2 rings (SSSR count). The van der Waals surface area contributed by atoms with Crippen LogP contribution in [0, 0.1) is 6.92 Å². The van der Waals surface area contributed by atoms with Gasteiger partial charge in [0.2, 0.25) is 0 Å². The molecule has 0 unspecified atom stereocenters. The highest BCUT2D eigenvalue weighted by Gasteiger charge is 2.03. The van der Waals surface area contributed by atoms with E-state index in [-0.39, 0.29) is 0 Å². The van der Waals surface area contributed by atoms with Crippen molar-refractivity contribution >= 4 is 40.3 Å². The number of benzene rings is 2. The van der Waals surface area contributed by atoms with E-state index in [1.165, 1.54) is 4.90 Å². The Morgan fingerprint density at radius 1 is 1.16 bits per heavy atom. The Morgan fingerprint density at radius 2 is 1.89 bits per heavy atom. The molecule has 0 fully saturated rings. The van der Waals surface area contributed by atoms with Crippen LogP contribution in [0.15, 0.2) is 47.4 Å². The van der Waals surface area contributed by atoms with Gasteiger partial charge in [0.15, 0.2) is 0 Å². The normalized spacial score (nSPS) is 10.2. The molecule has 2 aromatic rings. The van der Waals surface area contributed by atoms with Crippen LogP contribution in [0.4, 0.5) is 11.4 Å². The number of nitrogens with one attached hydrogen (secondary N) is 1. The highest BCUT2D eigenvalue weighted by Crippen LogP contribution is 2.23. The van der Waals surface area contributed by atoms with Crippen molar-refractivity contribution < 1.29 is 0 Å².